The van der Waals surface area contributed by atoms with E-state index in [1.54, 1.807) is 0 Å². The fourth-order valence-corrected chi connectivity index (χ4v) is 1.72. The maximum Gasteiger partial charge on any atom is 0.00158 e. The van der Waals surface area contributed by atoms with Crippen LogP contribution in [0, 0.1) is 5.41 Å². The van der Waals surface area contributed by atoms with Gasteiger partial charge in [0.25, 0.3) is 0 Å². The lowest BCUT2D eigenvalue weighted by Crippen LogP contribution is -2.26. The minimum absolute atomic E-state index is 0.259. The van der Waals surface area contributed by atoms with Gasteiger partial charge in [0.15, 0.2) is 0 Å². The SMILES string of the molecule is C=CCC(C)(CC=C)CC(C)N. The zero-order valence-electron chi connectivity index (χ0n) is 8.34. The van der Waals surface area contributed by atoms with E-state index in [0.717, 1.165) is 19.3 Å². The Hall–Kier alpha value is -0.560. The summed E-state index contributed by atoms with van der Waals surface area (Å²) in [5.41, 5.74) is 6.03. The van der Waals surface area contributed by atoms with Crippen molar-refractivity contribution in [2.45, 2.75) is 39.2 Å². The molecule has 0 aromatic heterocycles. The highest BCUT2D eigenvalue weighted by Gasteiger charge is 2.22. The van der Waals surface area contributed by atoms with Gasteiger partial charge in [0.2, 0.25) is 0 Å². The molecule has 0 radical (unpaired) electrons. The van der Waals surface area contributed by atoms with Crippen molar-refractivity contribution in [3.05, 3.63) is 25.3 Å². The van der Waals surface area contributed by atoms with Gasteiger partial charge in [-0.3, -0.25) is 0 Å². The molecule has 0 heterocycles. The van der Waals surface area contributed by atoms with Crippen molar-refractivity contribution in [3.8, 4) is 0 Å². The number of hydrogen-bond donors (Lipinski definition) is 1. The number of allylic oxidation sites excluding steroid dienone is 2. The van der Waals surface area contributed by atoms with Crippen LogP contribution in [-0.2, 0) is 0 Å². The van der Waals surface area contributed by atoms with E-state index < -0.39 is 0 Å². The van der Waals surface area contributed by atoms with Crippen molar-refractivity contribution in [2.75, 3.05) is 0 Å². The second-order valence-corrected chi connectivity index (χ2v) is 3.98. The van der Waals surface area contributed by atoms with Crippen molar-refractivity contribution in [2.24, 2.45) is 11.1 Å². The third-order valence-corrected chi connectivity index (χ3v) is 2.09. The van der Waals surface area contributed by atoms with Gasteiger partial charge in [-0.05, 0) is 31.6 Å². The van der Waals surface area contributed by atoms with Gasteiger partial charge >= 0.3 is 0 Å². The molecule has 0 saturated heterocycles. The van der Waals surface area contributed by atoms with Gasteiger partial charge < -0.3 is 5.73 Å². The summed E-state index contributed by atoms with van der Waals surface area (Å²) in [6.07, 6.45) is 6.99. The van der Waals surface area contributed by atoms with Crippen molar-refractivity contribution in [3.63, 3.8) is 0 Å². The quantitative estimate of drug-likeness (QED) is 0.605. The average Bonchev–Trinajstić information content (AvgIpc) is 1.85. The standard InChI is InChI=1S/C11H21N/c1-5-7-11(4,8-6-2)9-10(3)12/h5-6,10H,1-2,7-9,12H2,3-4H3. The number of nitrogens with two attached hydrogens (primary N) is 1. The Labute approximate surface area is 76.3 Å². The first kappa shape index (κ1) is 11.4. The van der Waals surface area contributed by atoms with Crippen molar-refractivity contribution in [1.82, 2.24) is 0 Å². The highest BCUT2D eigenvalue weighted by Crippen LogP contribution is 2.31. The van der Waals surface area contributed by atoms with Gasteiger partial charge in [-0.2, -0.15) is 0 Å². The molecule has 1 unspecified atom stereocenters. The Bertz CT molecular complexity index is 137. The molecule has 70 valence electrons. The molecule has 0 amide bonds. The first-order valence-corrected chi connectivity index (χ1v) is 4.51. The van der Waals surface area contributed by atoms with Crippen LogP contribution in [0.4, 0.5) is 0 Å². The van der Waals surface area contributed by atoms with E-state index in [1.165, 1.54) is 0 Å². The van der Waals surface area contributed by atoms with Crippen LogP contribution in [0.3, 0.4) is 0 Å². The molecule has 1 atom stereocenters. The molecule has 0 aromatic carbocycles. The maximum absolute atomic E-state index is 5.77. The Kier molecular flexibility index (Phi) is 4.91. The topological polar surface area (TPSA) is 26.0 Å². The summed E-state index contributed by atoms with van der Waals surface area (Å²) in [5, 5.41) is 0. The lowest BCUT2D eigenvalue weighted by molar-refractivity contribution is 0.284. The van der Waals surface area contributed by atoms with Crippen molar-refractivity contribution < 1.29 is 0 Å². The van der Waals surface area contributed by atoms with Crippen LogP contribution < -0.4 is 5.73 Å². The van der Waals surface area contributed by atoms with E-state index in [-0.39, 0.29) is 11.5 Å². The van der Waals surface area contributed by atoms with E-state index in [2.05, 4.69) is 20.1 Å². The van der Waals surface area contributed by atoms with E-state index in [0.29, 0.717) is 0 Å². The molecule has 0 fully saturated rings. The van der Waals surface area contributed by atoms with Gasteiger partial charge in [0.05, 0.1) is 0 Å². The molecular formula is C11H21N. The molecule has 0 aliphatic heterocycles. The van der Waals surface area contributed by atoms with Gasteiger partial charge in [-0.25, -0.2) is 0 Å². The average molecular weight is 167 g/mol. The van der Waals surface area contributed by atoms with E-state index in [4.69, 9.17) is 5.73 Å². The molecule has 1 nitrogen and oxygen atoms in total. The largest absolute Gasteiger partial charge is 0.328 e. The second-order valence-electron chi connectivity index (χ2n) is 3.98. The summed E-state index contributed by atoms with van der Waals surface area (Å²) in [5.74, 6) is 0. The zero-order chi connectivity index (χ0) is 9.61. The molecule has 12 heavy (non-hydrogen) atoms. The van der Waals surface area contributed by atoms with E-state index >= 15 is 0 Å². The maximum atomic E-state index is 5.77. The lowest BCUT2D eigenvalue weighted by Gasteiger charge is -2.28. The van der Waals surface area contributed by atoms with Gasteiger partial charge in [-0.1, -0.05) is 19.1 Å². The van der Waals surface area contributed by atoms with Crippen LogP contribution in [-0.4, -0.2) is 6.04 Å². The first-order valence-electron chi connectivity index (χ1n) is 4.51. The second kappa shape index (κ2) is 5.15. The van der Waals surface area contributed by atoms with Crippen molar-refractivity contribution in [1.29, 1.82) is 0 Å². The molecule has 0 aliphatic carbocycles. The molecule has 0 aromatic rings. The molecule has 0 bridgehead atoms. The zero-order valence-corrected chi connectivity index (χ0v) is 8.34. The molecule has 0 aliphatic rings. The number of rotatable bonds is 6. The fraction of sp³-hybridized carbons (Fsp3) is 0.636. The van der Waals surface area contributed by atoms with Crippen LogP contribution in [0.2, 0.25) is 0 Å². The summed E-state index contributed by atoms with van der Waals surface area (Å²) in [6, 6.07) is 0.259. The monoisotopic (exact) mass is 167 g/mol. The van der Waals surface area contributed by atoms with Crippen LogP contribution in [0.5, 0.6) is 0 Å². The third-order valence-electron chi connectivity index (χ3n) is 2.09. The van der Waals surface area contributed by atoms with Gasteiger partial charge in [0, 0.05) is 6.04 Å². The Morgan fingerprint density at radius 2 is 1.75 bits per heavy atom. The van der Waals surface area contributed by atoms with Gasteiger partial charge in [-0.15, -0.1) is 13.2 Å². The minimum Gasteiger partial charge on any atom is -0.328 e. The summed E-state index contributed by atoms with van der Waals surface area (Å²) in [6.45, 7) is 11.8. The predicted molar refractivity (Wildman–Crippen MR) is 56.0 cm³/mol. The van der Waals surface area contributed by atoms with Gasteiger partial charge in [0.1, 0.15) is 0 Å². The first-order chi connectivity index (χ1) is 5.54. The fourth-order valence-electron chi connectivity index (χ4n) is 1.72. The van der Waals surface area contributed by atoms with Crippen LogP contribution >= 0.6 is 0 Å². The number of hydrogen-bond acceptors (Lipinski definition) is 1. The predicted octanol–water partition coefficient (Wildman–Crippen LogP) is 2.88. The van der Waals surface area contributed by atoms with E-state index in [9.17, 15) is 0 Å². The van der Waals surface area contributed by atoms with Crippen LogP contribution in [0.1, 0.15) is 33.1 Å². The molecule has 0 spiro atoms. The Balaban J connectivity index is 4.15. The van der Waals surface area contributed by atoms with E-state index in [1.807, 2.05) is 19.1 Å². The molecule has 1 heteroatoms. The molecular weight excluding hydrogens is 146 g/mol. The molecule has 2 N–H and O–H groups in total. The summed E-state index contributed by atoms with van der Waals surface area (Å²) < 4.78 is 0. The highest BCUT2D eigenvalue weighted by molar-refractivity contribution is 4.90. The molecule has 0 saturated carbocycles. The molecule has 0 rings (SSSR count). The van der Waals surface area contributed by atoms with Crippen LogP contribution in [0.25, 0.3) is 0 Å². The Morgan fingerprint density at radius 3 is 2.00 bits per heavy atom. The van der Waals surface area contributed by atoms with Crippen LogP contribution in [0.15, 0.2) is 25.3 Å². The summed E-state index contributed by atoms with van der Waals surface area (Å²) in [4.78, 5) is 0. The minimum atomic E-state index is 0.259. The normalized spacial score (nSPS) is 13.9. The summed E-state index contributed by atoms with van der Waals surface area (Å²) in [7, 11) is 0. The smallest absolute Gasteiger partial charge is 0.00158 e. The summed E-state index contributed by atoms with van der Waals surface area (Å²) >= 11 is 0. The Morgan fingerprint density at radius 1 is 1.33 bits per heavy atom. The lowest BCUT2D eigenvalue weighted by atomic mass is 9.78. The third kappa shape index (κ3) is 4.35. The highest BCUT2D eigenvalue weighted by atomic mass is 14.6. The van der Waals surface area contributed by atoms with Crippen molar-refractivity contribution >= 4 is 0 Å².